The molecule has 2 aromatic carbocycles. The fraction of sp³-hybridized carbons (Fsp3) is 0.458. The summed E-state index contributed by atoms with van der Waals surface area (Å²) in [6.45, 7) is 6.26. The highest BCUT2D eigenvalue weighted by Gasteiger charge is 2.37. The van der Waals surface area contributed by atoms with Gasteiger partial charge in [-0.2, -0.15) is 0 Å². The third kappa shape index (κ3) is 5.52. The number of carbonyl (C=O) groups is 1. The van der Waals surface area contributed by atoms with Crippen molar-refractivity contribution in [1.29, 1.82) is 0 Å². The molecule has 4 nitrogen and oxygen atoms in total. The van der Waals surface area contributed by atoms with Crippen molar-refractivity contribution in [2.24, 2.45) is 5.92 Å². The minimum Gasteiger partial charge on any atom is -0.508 e. The zero-order valence-corrected chi connectivity index (χ0v) is 18.3. The highest BCUT2D eigenvalue weighted by molar-refractivity contribution is 5.85. The normalized spacial score (nSPS) is 18.3. The van der Waals surface area contributed by atoms with E-state index in [2.05, 4.69) is 36.9 Å². The summed E-state index contributed by atoms with van der Waals surface area (Å²) in [7, 11) is 1.47. The molecule has 1 N–H and O–H groups in total. The smallest absolute Gasteiger partial charge is 0.310 e. The second-order valence-electron chi connectivity index (χ2n) is 8.21. The van der Waals surface area contributed by atoms with Crippen LogP contribution >= 0.6 is 12.4 Å². The average molecular weight is 418 g/mol. The molecule has 1 heterocycles. The first-order valence-corrected chi connectivity index (χ1v) is 10.1. The lowest BCUT2D eigenvalue weighted by Crippen LogP contribution is -2.49. The van der Waals surface area contributed by atoms with Crippen LogP contribution in [0.25, 0.3) is 0 Å². The highest BCUT2D eigenvalue weighted by Crippen LogP contribution is 2.37. The van der Waals surface area contributed by atoms with Crippen molar-refractivity contribution >= 4 is 18.4 Å². The maximum absolute atomic E-state index is 12.5. The van der Waals surface area contributed by atoms with Gasteiger partial charge in [0.15, 0.2) is 0 Å². The van der Waals surface area contributed by atoms with Crippen LogP contribution in [0.15, 0.2) is 54.6 Å². The van der Waals surface area contributed by atoms with Gasteiger partial charge in [0.1, 0.15) is 5.75 Å². The SMILES string of the molecule is COC(=O)[C@H](Cc1ccccc1)[C@@H](C)N1CCC(C)(c2cccc(O)c2)CC1.Cl. The van der Waals surface area contributed by atoms with Crippen LogP contribution < -0.4 is 0 Å². The standard InChI is InChI=1S/C24H31NO3.ClH/c1-18(22(23(27)28-3)16-19-8-5-4-6-9-19)25-14-12-24(2,13-15-25)20-10-7-11-21(26)17-20;/h4-11,17-18,22,26H,12-16H2,1-3H3;1H/t18-,22-;/m1./s1. The van der Waals surface area contributed by atoms with Gasteiger partial charge in [-0.3, -0.25) is 9.69 Å². The van der Waals surface area contributed by atoms with Crippen LogP contribution in [0, 0.1) is 5.92 Å². The number of ether oxygens (including phenoxy) is 1. The molecule has 2 aromatic rings. The summed E-state index contributed by atoms with van der Waals surface area (Å²) in [6, 6.07) is 17.9. The van der Waals surface area contributed by atoms with Crippen molar-refractivity contribution in [3.63, 3.8) is 0 Å². The molecule has 0 spiro atoms. The van der Waals surface area contributed by atoms with E-state index >= 15 is 0 Å². The number of halogens is 1. The van der Waals surface area contributed by atoms with Gasteiger partial charge in [-0.1, -0.05) is 49.4 Å². The monoisotopic (exact) mass is 417 g/mol. The minimum atomic E-state index is -0.183. The maximum atomic E-state index is 12.5. The number of benzene rings is 2. The first kappa shape index (κ1) is 23.2. The van der Waals surface area contributed by atoms with E-state index in [0.717, 1.165) is 31.5 Å². The molecular weight excluding hydrogens is 386 g/mol. The van der Waals surface area contributed by atoms with Crippen LogP contribution in [-0.4, -0.2) is 42.2 Å². The summed E-state index contributed by atoms with van der Waals surface area (Å²) in [5.74, 6) is -0.00154. The lowest BCUT2D eigenvalue weighted by molar-refractivity contribution is -0.148. The van der Waals surface area contributed by atoms with Gasteiger partial charge in [0.05, 0.1) is 13.0 Å². The number of esters is 1. The third-order valence-electron chi connectivity index (χ3n) is 6.41. The van der Waals surface area contributed by atoms with Crippen LogP contribution in [0.3, 0.4) is 0 Å². The Kier molecular flexibility index (Phi) is 8.12. The van der Waals surface area contributed by atoms with Crippen molar-refractivity contribution in [3.05, 3.63) is 65.7 Å². The molecule has 1 aliphatic heterocycles. The van der Waals surface area contributed by atoms with Crippen LogP contribution in [0.1, 0.15) is 37.8 Å². The summed E-state index contributed by atoms with van der Waals surface area (Å²) in [6.07, 6.45) is 2.69. The molecule has 1 aliphatic rings. The van der Waals surface area contributed by atoms with Gasteiger partial charge in [0.2, 0.25) is 0 Å². The lowest BCUT2D eigenvalue weighted by Gasteiger charge is -2.43. The molecule has 0 radical (unpaired) electrons. The number of hydrogen-bond donors (Lipinski definition) is 1. The number of rotatable bonds is 6. The van der Waals surface area contributed by atoms with E-state index in [1.54, 1.807) is 6.07 Å². The minimum absolute atomic E-state index is 0. The molecule has 0 amide bonds. The predicted octanol–water partition coefficient (Wildman–Crippen LogP) is 4.59. The quantitative estimate of drug-likeness (QED) is 0.698. The van der Waals surface area contributed by atoms with Gasteiger partial charge in [0, 0.05) is 6.04 Å². The Morgan fingerprint density at radius 3 is 2.38 bits per heavy atom. The number of likely N-dealkylation sites (tertiary alicyclic amines) is 1. The van der Waals surface area contributed by atoms with Gasteiger partial charge in [-0.15, -0.1) is 12.4 Å². The fourth-order valence-electron chi connectivity index (χ4n) is 4.32. The highest BCUT2D eigenvalue weighted by atomic mass is 35.5. The zero-order valence-electron chi connectivity index (χ0n) is 17.5. The van der Waals surface area contributed by atoms with Gasteiger partial charge in [-0.05, 0) is 68.0 Å². The molecule has 29 heavy (non-hydrogen) atoms. The van der Waals surface area contributed by atoms with Gasteiger partial charge in [0.25, 0.3) is 0 Å². The lowest BCUT2D eigenvalue weighted by atomic mass is 9.74. The molecule has 0 aliphatic carbocycles. The number of carbonyl (C=O) groups excluding carboxylic acids is 1. The Hall–Kier alpha value is -2.04. The number of methoxy groups -OCH3 is 1. The number of phenols is 1. The van der Waals surface area contributed by atoms with Crippen molar-refractivity contribution in [3.8, 4) is 5.75 Å². The Morgan fingerprint density at radius 2 is 1.79 bits per heavy atom. The average Bonchev–Trinajstić information content (AvgIpc) is 2.72. The topological polar surface area (TPSA) is 49.8 Å². The summed E-state index contributed by atoms with van der Waals surface area (Å²) >= 11 is 0. The maximum Gasteiger partial charge on any atom is 0.310 e. The first-order chi connectivity index (χ1) is 13.4. The molecule has 2 atom stereocenters. The fourth-order valence-corrected chi connectivity index (χ4v) is 4.32. The number of nitrogens with zero attached hydrogens (tertiary/aromatic N) is 1. The number of phenolic OH excluding ortho intramolecular Hbond substituents is 1. The second kappa shape index (κ2) is 10.1. The van der Waals surface area contributed by atoms with Crippen molar-refractivity contribution in [2.45, 2.75) is 44.6 Å². The number of piperidine rings is 1. The molecule has 0 bridgehead atoms. The molecule has 1 saturated heterocycles. The van der Waals surface area contributed by atoms with Gasteiger partial charge >= 0.3 is 5.97 Å². The van der Waals surface area contributed by atoms with Crippen LogP contribution in [0.4, 0.5) is 0 Å². The number of aromatic hydroxyl groups is 1. The van der Waals surface area contributed by atoms with Crippen molar-refractivity contribution < 1.29 is 14.6 Å². The van der Waals surface area contributed by atoms with Crippen LogP contribution in [-0.2, 0) is 21.4 Å². The van der Waals surface area contributed by atoms with Crippen LogP contribution in [0.2, 0.25) is 0 Å². The molecule has 0 aromatic heterocycles. The molecular formula is C24H32ClNO3. The predicted molar refractivity (Wildman–Crippen MR) is 119 cm³/mol. The molecule has 5 heteroatoms. The Labute approximate surface area is 180 Å². The first-order valence-electron chi connectivity index (χ1n) is 10.1. The zero-order chi connectivity index (χ0) is 20.1. The summed E-state index contributed by atoms with van der Waals surface area (Å²) in [5.41, 5.74) is 2.40. The van der Waals surface area contributed by atoms with E-state index in [0.29, 0.717) is 12.2 Å². The van der Waals surface area contributed by atoms with E-state index in [9.17, 15) is 9.90 Å². The van der Waals surface area contributed by atoms with E-state index in [4.69, 9.17) is 4.74 Å². The molecule has 3 rings (SSSR count). The molecule has 158 valence electrons. The summed E-state index contributed by atoms with van der Waals surface area (Å²) < 4.78 is 5.13. The molecule has 0 saturated carbocycles. The Balaban J connectivity index is 0.00000300. The second-order valence-corrected chi connectivity index (χ2v) is 8.21. The number of hydrogen-bond acceptors (Lipinski definition) is 4. The van der Waals surface area contributed by atoms with E-state index in [1.807, 2.05) is 30.3 Å². The third-order valence-corrected chi connectivity index (χ3v) is 6.41. The van der Waals surface area contributed by atoms with Gasteiger partial charge < -0.3 is 9.84 Å². The van der Waals surface area contributed by atoms with E-state index in [1.165, 1.54) is 12.7 Å². The molecule has 1 fully saturated rings. The molecule has 0 unspecified atom stereocenters. The van der Waals surface area contributed by atoms with Crippen LogP contribution in [0.5, 0.6) is 5.75 Å². The van der Waals surface area contributed by atoms with Gasteiger partial charge in [-0.25, -0.2) is 0 Å². The summed E-state index contributed by atoms with van der Waals surface area (Å²) in [4.78, 5) is 14.9. The Morgan fingerprint density at radius 1 is 1.14 bits per heavy atom. The Bertz CT molecular complexity index is 788. The van der Waals surface area contributed by atoms with Crippen molar-refractivity contribution in [1.82, 2.24) is 4.90 Å². The van der Waals surface area contributed by atoms with E-state index < -0.39 is 0 Å². The summed E-state index contributed by atoms with van der Waals surface area (Å²) in [5, 5.41) is 9.84. The largest absolute Gasteiger partial charge is 0.508 e. The van der Waals surface area contributed by atoms with Crippen molar-refractivity contribution in [2.75, 3.05) is 20.2 Å². The van der Waals surface area contributed by atoms with E-state index in [-0.39, 0.29) is 35.8 Å².